The smallest absolute Gasteiger partial charge is 0.0160 e. The molecule has 2 heteroatoms. The second kappa shape index (κ2) is 8.27. The van der Waals surface area contributed by atoms with Crippen molar-refractivity contribution < 1.29 is 21.1 Å². The number of rotatable bonds is 1. The van der Waals surface area contributed by atoms with Crippen LogP contribution in [0.1, 0.15) is 26.3 Å². The molecule has 0 fully saturated rings. The molecule has 1 aromatic carbocycles. The van der Waals surface area contributed by atoms with Crippen LogP contribution >= 0.6 is 0 Å². The molecule has 0 bridgehead atoms. The monoisotopic (exact) mass is 435 g/mol. The molecule has 0 saturated heterocycles. The van der Waals surface area contributed by atoms with Gasteiger partial charge in [-0.05, 0) is 17.2 Å². The Labute approximate surface area is 132 Å². The van der Waals surface area contributed by atoms with Gasteiger partial charge in [-0.25, -0.2) is 0 Å². The van der Waals surface area contributed by atoms with Crippen LogP contribution in [0.5, 0.6) is 0 Å². The fraction of sp³-hybridized carbons (Fsp3) is 0.235. The molecule has 108 valence electrons. The number of hydrogen-bond acceptors (Lipinski definition) is 1. The molecule has 0 unspecified atom stereocenters. The first-order chi connectivity index (χ1) is 7.57. The molecule has 0 aliphatic carbocycles. The van der Waals surface area contributed by atoms with E-state index < -0.39 is 0 Å². The number of benzene rings is 1. The zero-order valence-corrected chi connectivity index (χ0v) is 14.6. The molecular formula is C17H22NPt-3. The zero-order chi connectivity index (χ0) is 11.6. The summed E-state index contributed by atoms with van der Waals surface area (Å²) in [5.41, 5.74) is 3.50. The number of aromatic nitrogens is 1. The number of hydrogen-bond donors (Lipinski definition) is 0. The van der Waals surface area contributed by atoms with Gasteiger partial charge in [0, 0.05) is 27.3 Å². The van der Waals surface area contributed by atoms with Crippen LogP contribution in [0.4, 0.5) is 0 Å². The Morgan fingerprint density at radius 1 is 1.00 bits per heavy atom. The summed E-state index contributed by atoms with van der Waals surface area (Å²) in [5.74, 6) is 0. The van der Waals surface area contributed by atoms with Gasteiger partial charge in [0.05, 0.1) is 0 Å². The quantitative estimate of drug-likeness (QED) is 0.590. The minimum Gasteiger partial charge on any atom is -0.358 e. The van der Waals surface area contributed by atoms with Crippen molar-refractivity contribution in [2.75, 3.05) is 0 Å². The molecule has 0 amide bonds. The molecule has 0 aliphatic heterocycles. The molecule has 0 atom stereocenters. The van der Waals surface area contributed by atoms with E-state index in [1.807, 2.05) is 18.2 Å². The van der Waals surface area contributed by atoms with E-state index >= 15 is 0 Å². The van der Waals surface area contributed by atoms with Crippen LogP contribution in [-0.2, 0) is 26.5 Å². The van der Waals surface area contributed by atoms with E-state index in [1.54, 1.807) is 6.20 Å². The van der Waals surface area contributed by atoms with Gasteiger partial charge < -0.3 is 19.8 Å². The first-order valence-corrected chi connectivity index (χ1v) is 5.51. The third-order valence-electron chi connectivity index (χ3n) is 2.62. The van der Waals surface area contributed by atoms with E-state index in [2.05, 4.69) is 50.0 Å². The summed E-state index contributed by atoms with van der Waals surface area (Å²) in [7, 11) is 0. The van der Waals surface area contributed by atoms with Crippen molar-refractivity contribution in [1.29, 1.82) is 0 Å². The Morgan fingerprint density at radius 3 is 2.11 bits per heavy atom. The van der Waals surface area contributed by atoms with Crippen molar-refractivity contribution in [3.63, 3.8) is 0 Å². The van der Waals surface area contributed by atoms with Gasteiger partial charge in [-0.15, -0.1) is 35.4 Å². The Balaban J connectivity index is 0. The SMILES string of the molecule is CC(C)(C)c1c[c-]c(-c2ccccn2)cc1.[CH3-].[CH3-].[Pt]. The molecule has 1 nitrogen and oxygen atoms in total. The topological polar surface area (TPSA) is 12.9 Å². The first-order valence-electron chi connectivity index (χ1n) is 5.51. The Kier molecular flexibility index (Phi) is 8.87. The molecule has 1 heterocycles. The Bertz CT molecular complexity index is 455. The summed E-state index contributed by atoms with van der Waals surface area (Å²) in [4.78, 5) is 4.31. The third kappa shape index (κ3) is 5.28. The molecule has 19 heavy (non-hydrogen) atoms. The van der Waals surface area contributed by atoms with E-state index in [9.17, 15) is 0 Å². The number of pyridine rings is 1. The van der Waals surface area contributed by atoms with Gasteiger partial charge in [0.15, 0.2) is 0 Å². The van der Waals surface area contributed by atoms with Crippen LogP contribution < -0.4 is 0 Å². The van der Waals surface area contributed by atoms with Gasteiger partial charge in [-0.1, -0.05) is 32.9 Å². The van der Waals surface area contributed by atoms with Gasteiger partial charge in [-0.3, -0.25) is 0 Å². The van der Waals surface area contributed by atoms with Crippen molar-refractivity contribution >= 4 is 0 Å². The summed E-state index contributed by atoms with van der Waals surface area (Å²) in [6, 6.07) is 15.5. The molecule has 0 radical (unpaired) electrons. The molecule has 2 aromatic rings. The van der Waals surface area contributed by atoms with Crippen LogP contribution in [0.2, 0.25) is 0 Å². The largest absolute Gasteiger partial charge is 0.358 e. The van der Waals surface area contributed by atoms with E-state index in [4.69, 9.17) is 0 Å². The first kappa shape index (κ1) is 20.4. The summed E-state index contributed by atoms with van der Waals surface area (Å²) >= 11 is 0. The van der Waals surface area contributed by atoms with Gasteiger partial charge in [-0.2, -0.15) is 0 Å². The van der Waals surface area contributed by atoms with Crippen LogP contribution in [-0.4, -0.2) is 4.98 Å². The van der Waals surface area contributed by atoms with Gasteiger partial charge in [0.25, 0.3) is 0 Å². The Morgan fingerprint density at radius 2 is 1.68 bits per heavy atom. The maximum absolute atomic E-state index is 4.31. The van der Waals surface area contributed by atoms with E-state index in [0.717, 1.165) is 11.3 Å². The van der Waals surface area contributed by atoms with Crippen molar-refractivity contribution in [2.45, 2.75) is 26.2 Å². The summed E-state index contributed by atoms with van der Waals surface area (Å²) in [5, 5.41) is 0. The predicted molar refractivity (Wildman–Crippen MR) is 80.0 cm³/mol. The second-order valence-corrected chi connectivity index (χ2v) is 4.96. The molecule has 0 spiro atoms. The van der Waals surface area contributed by atoms with Crippen LogP contribution in [0, 0.1) is 20.9 Å². The van der Waals surface area contributed by atoms with E-state index in [1.165, 1.54) is 5.56 Å². The van der Waals surface area contributed by atoms with Crippen molar-refractivity contribution in [3.8, 4) is 11.3 Å². The molecule has 0 saturated carbocycles. The third-order valence-corrected chi connectivity index (χ3v) is 2.62. The van der Waals surface area contributed by atoms with E-state index in [0.29, 0.717) is 0 Å². The average Bonchev–Trinajstić information content (AvgIpc) is 2.29. The van der Waals surface area contributed by atoms with Crippen LogP contribution in [0.3, 0.4) is 0 Å². The van der Waals surface area contributed by atoms with Crippen LogP contribution in [0.15, 0.2) is 42.6 Å². The van der Waals surface area contributed by atoms with E-state index in [-0.39, 0.29) is 41.3 Å². The molecular weight excluding hydrogens is 413 g/mol. The maximum atomic E-state index is 4.31. The molecule has 0 aliphatic rings. The van der Waals surface area contributed by atoms with Gasteiger partial charge >= 0.3 is 0 Å². The average molecular weight is 435 g/mol. The summed E-state index contributed by atoms with van der Waals surface area (Å²) < 4.78 is 0. The zero-order valence-electron chi connectivity index (χ0n) is 12.3. The Hall–Kier alpha value is -0.942. The molecule has 1 aromatic heterocycles. The minimum atomic E-state index is 0. The van der Waals surface area contributed by atoms with Crippen molar-refractivity contribution in [3.05, 3.63) is 69.1 Å². The fourth-order valence-corrected chi connectivity index (χ4v) is 1.57. The van der Waals surface area contributed by atoms with Gasteiger partial charge in [0.2, 0.25) is 0 Å². The van der Waals surface area contributed by atoms with Crippen LogP contribution in [0.25, 0.3) is 11.3 Å². The van der Waals surface area contributed by atoms with Crippen molar-refractivity contribution in [1.82, 2.24) is 4.98 Å². The summed E-state index contributed by atoms with van der Waals surface area (Å²) in [6.07, 6.45) is 1.81. The minimum absolute atomic E-state index is 0. The molecule has 0 N–H and O–H groups in total. The second-order valence-electron chi connectivity index (χ2n) is 4.96. The predicted octanol–water partition coefficient (Wildman–Crippen LogP) is 4.74. The molecule has 2 rings (SSSR count). The van der Waals surface area contributed by atoms with Crippen molar-refractivity contribution in [2.24, 2.45) is 0 Å². The van der Waals surface area contributed by atoms with Gasteiger partial charge in [0.1, 0.15) is 0 Å². The number of nitrogens with zero attached hydrogens (tertiary/aromatic N) is 1. The fourth-order valence-electron chi connectivity index (χ4n) is 1.57. The normalized spacial score (nSPS) is 9.63. The summed E-state index contributed by atoms with van der Waals surface area (Å²) in [6.45, 7) is 6.61. The standard InChI is InChI=1S/C15H16N.2CH3.Pt/c1-15(2,3)13-9-7-12(8-10-13)14-6-4-5-11-16-14;;;/h4-7,9-11H,1-3H3;2*1H3;/q3*-1;. The maximum Gasteiger partial charge on any atom is 0.0160 e.